The summed E-state index contributed by atoms with van der Waals surface area (Å²) in [5, 5.41) is 18.2. The lowest BCUT2D eigenvalue weighted by molar-refractivity contribution is -0.150. The fourth-order valence-electron chi connectivity index (χ4n) is 3.39. The molecule has 1 spiro atoms. The van der Waals surface area contributed by atoms with Gasteiger partial charge in [0, 0.05) is 0 Å². The zero-order chi connectivity index (χ0) is 10.9. The van der Waals surface area contributed by atoms with Crippen molar-refractivity contribution in [2.45, 2.75) is 57.5 Å². The van der Waals surface area contributed by atoms with Gasteiger partial charge in [0.2, 0.25) is 0 Å². The Labute approximate surface area is 90.5 Å². The second-order valence-corrected chi connectivity index (χ2v) is 5.33. The topological polar surface area (TPSA) is 57.5 Å². The largest absolute Gasteiger partial charge is 0.479 e. The summed E-state index contributed by atoms with van der Waals surface area (Å²) in [6, 6.07) is 0. The first-order valence-electron chi connectivity index (χ1n) is 6.04. The number of aliphatic hydroxyl groups is 1. The van der Waals surface area contributed by atoms with Crippen LogP contribution in [-0.2, 0) is 4.79 Å². The van der Waals surface area contributed by atoms with Crippen molar-refractivity contribution >= 4 is 5.97 Å². The van der Waals surface area contributed by atoms with Gasteiger partial charge in [-0.15, -0.1) is 0 Å². The molecule has 3 heteroatoms. The Morgan fingerprint density at radius 3 is 2.13 bits per heavy atom. The summed E-state index contributed by atoms with van der Waals surface area (Å²) in [5.41, 5.74) is 0.523. The van der Waals surface area contributed by atoms with Crippen LogP contribution in [0.3, 0.4) is 0 Å². The minimum atomic E-state index is -1.14. The second kappa shape index (κ2) is 4.12. The first-order valence-corrected chi connectivity index (χ1v) is 6.04. The molecule has 0 amide bonds. The molecule has 2 N–H and O–H groups in total. The van der Waals surface area contributed by atoms with Gasteiger partial charge in [-0.05, 0) is 49.9 Å². The van der Waals surface area contributed by atoms with Gasteiger partial charge in [-0.1, -0.05) is 12.8 Å². The molecule has 1 unspecified atom stereocenters. The zero-order valence-corrected chi connectivity index (χ0v) is 9.11. The zero-order valence-electron chi connectivity index (χ0n) is 9.11. The summed E-state index contributed by atoms with van der Waals surface area (Å²) < 4.78 is 0. The highest BCUT2D eigenvalue weighted by molar-refractivity contribution is 5.72. The van der Waals surface area contributed by atoms with Crippen molar-refractivity contribution in [3.63, 3.8) is 0 Å². The summed E-state index contributed by atoms with van der Waals surface area (Å²) in [7, 11) is 0. The van der Waals surface area contributed by atoms with Crippen LogP contribution in [0.15, 0.2) is 0 Å². The van der Waals surface area contributed by atoms with E-state index in [9.17, 15) is 9.90 Å². The van der Waals surface area contributed by atoms with Crippen molar-refractivity contribution in [2.24, 2.45) is 11.3 Å². The van der Waals surface area contributed by atoms with E-state index < -0.39 is 12.1 Å². The van der Waals surface area contributed by atoms with Gasteiger partial charge in [0.25, 0.3) is 0 Å². The number of hydrogen-bond donors (Lipinski definition) is 2. The number of carbonyl (C=O) groups is 1. The smallest absolute Gasteiger partial charge is 0.332 e. The first kappa shape index (κ1) is 10.9. The molecule has 86 valence electrons. The summed E-state index contributed by atoms with van der Waals surface area (Å²) in [5.74, 6) is -1.06. The van der Waals surface area contributed by atoms with Crippen molar-refractivity contribution in [3.05, 3.63) is 0 Å². The van der Waals surface area contributed by atoms with Crippen molar-refractivity contribution in [1.29, 1.82) is 0 Å². The molecule has 0 aliphatic heterocycles. The van der Waals surface area contributed by atoms with E-state index in [1.54, 1.807) is 0 Å². The van der Waals surface area contributed by atoms with Crippen LogP contribution in [0.1, 0.15) is 51.4 Å². The average molecular weight is 212 g/mol. The van der Waals surface area contributed by atoms with Gasteiger partial charge in [0.1, 0.15) is 0 Å². The SMILES string of the molecule is O=C(O)C(O)C1CCC2(CCCC2)CC1. The van der Waals surface area contributed by atoms with Gasteiger partial charge >= 0.3 is 5.97 Å². The molecular weight excluding hydrogens is 192 g/mol. The molecule has 2 aliphatic rings. The summed E-state index contributed by atoms with van der Waals surface area (Å²) in [6.45, 7) is 0. The molecule has 3 nitrogen and oxygen atoms in total. The van der Waals surface area contributed by atoms with E-state index in [4.69, 9.17) is 5.11 Å². The quantitative estimate of drug-likeness (QED) is 0.737. The summed E-state index contributed by atoms with van der Waals surface area (Å²) in [4.78, 5) is 10.7. The van der Waals surface area contributed by atoms with Crippen LogP contribution in [0.2, 0.25) is 0 Å². The molecule has 0 heterocycles. The average Bonchev–Trinajstić information content (AvgIpc) is 2.67. The third-order valence-corrected chi connectivity index (χ3v) is 4.45. The Morgan fingerprint density at radius 1 is 1.13 bits per heavy atom. The lowest BCUT2D eigenvalue weighted by Gasteiger charge is -2.38. The van der Waals surface area contributed by atoms with Gasteiger partial charge in [0.05, 0.1) is 0 Å². The van der Waals surface area contributed by atoms with Crippen LogP contribution in [0.5, 0.6) is 0 Å². The molecule has 0 radical (unpaired) electrons. The van der Waals surface area contributed by atoms with Crippen LogP contribution in [0.25, 0.3) is 0 Å². The fraction of sp³-hybridized carbons (Fsp3) is 0.917. The molecule has 2 saturated carbocycles. The molecule has 2 rings (SSSR count). The lowest BCUT2D eigenvalue weighted by Crippen LogP contribution is -2.35. The third-order valence-electron chi connectivity index (χ3n) is 4.45. The van der Waals surface area contributed by atoms with Gasteiger partial charge in [-0.25, -0.2) is 4.79 Å². The predicted octanol–water partition coefficient (Wildman–Crippen LogP) is 2.18. The fourth-order valence-corrected chi connectivity index (χ4v) is 3.39. The van der Waals surface area contributed by atoms with E-state index in [0.717, 1.165) is 25.7 Å². The van der Waals surface area contributed by atoms with Crippen LogP contribution in [-0.4, -0.2) is 22.3 Å². The molecule has 0 aromatic rings. The monoisotopic (exact) mass is 212 g/mol. The minimum absolute atomic E-state index is 0.00581. The van der Waals surface area contributed by atoms with E-state index in [-0.39, 0.29) is 5.92 Å². The molecule has 0 saturated heterocycles. The molecule has 0 aromatic carbocycles. The van der Waals surface area contributed by atoms with Crippen molar-refractivity contribution in [1.82, 2.24) is 0 Å². The molecule has 2 fully saturated rings. The van der Waals surface area contributed by atoms with E-state index in [2.05, 4.69) is 0 Å². The highest BCUT2D eigenvalue weighted by atomic mass is 16.4. The summed E-state index contributed by atoms with van der Waals surface area (Å²) in [6.07, 6.45) is 8.23. The Kier molecular flexibility index (Phi) is 3.01. The maximum atomic E-state index is 10.7. The van der Waals surface area contributed by atoms with Crippen molar-refractivity contribution in [2.75, 3.05) is 0 Å². The molecule has 0 bridgehead atoms. The molecule has 1 atom stereocenters. The van der Waals surface area contributed by atoms with E-state index >= 15 is 0 Å². The van der Waals surface area contributed by atoms with E-state index in [1.165, 1.54) is 25.7 Å². The van der Waals surface area contributed by atoms with E-state index in [0.29, 0.717) is 5.41 Å². The minimum Gasteiger partial charge on any atom is -0.479 e. The maximum absolute atomic E-state index is 10.7. The molecular formula is C12H20O3. The standard InChI is InChI=1S/C12H20O3/c13-10(11(14)15)9-3-7-12(8-4-9)5-1-2-6-12/h9-10,13H,1-8H2,(H,14,15). The lowest BCUT2D eigenvalue weighted by atomic mass is 9.68. The molecule has 15 heavy (non-hydrogen) atoms. The maximum Gasteiger partial charge on any atom is 0.332 e. The third kappa shape index (κ3) is 2.17. The van der Waals surface area contributed by atoms with Crippen LogP contribution >= 0.6 is 0 Å². The Hall–Kier alpha value is -0.570. The van der Waals surface area contributed by atoms with Gasteiger partial charge in [-0.3, -0.25) is 0 Å². The van der Waals surface area contributed by atoms with Crippen LogP contribution < -0.4 is 0 Å². The highest BCUT2D eigenvalue weighted by Gasteiger charge is 2.40. The van der Waals surface area contributed by atoms with Crippen molar-refractivity contribution < 1.29 is 15.0 Å². The van der Waals surface area contributed by atoms with E-state index in [1.807, 2.05) is 0 Å². The number of hydrogen-bond acceptors (Lipinski definition) is 2. The number of carboxylic acids is 1. The molecule has 2 aliphatic carbocycles. The number of carboxylic acid groups (broad SMARTS) is 1. The van der Waals surface area contributed by atoms with Crippen LogP contribution in [0.4, 0.5) is 0 Å². The number of aliphatic carboxylic acids is 1. The summed E-state index contributed by atoms with van der Waals surface area (Å²) >= 11 is 0. The van der Waals surface area contributed by atoms with Crippen molar-refractivity contribution in [3.8, 4) is 0 Å². The highest BCUT2D eigenvalue weighted by Crippen LogP contribution is 2.50. The second-order valence-electron chi connectivity index (χ2n) is 5.33. The Bertz CT molecular complexity index is 233. The first-order chi connectivity index (χ1) is 7.13. The molecule has 0 aromatic heterocycles. The Morgan fingerprint density at radius 2 is 1.67 bits per heavy atom. The van der Waals surface area contributed by atoms with Gasteiger partial charge in [-0.2, -0.15) is 0 Å². The van der Waals surface area contributed by atoms with Crippen LogP contribution in [0, 0.1) is 11.3 Å². The number of aliphatic hydroxyl groups excluding tert-OH is 1. The number of rotatable bonds is 2. The predicted molar refractivity (Wildman–Crippen MR) is 56.5 cm³/mol. The normalized spacial score (nSPS) is 28.1. The van der Waals surface area contributed by atoms with Gasteiger partial charge in [0.15, 0.2) is 6.10 Å². The Balaban J connectivity index is 1.89. The van der Waals surface area contributed by atoms with Gasteiger partial charge < -0.3 is 10.2 Å².